The second kappa shape index (κ2) is 5.75. The van der Waals surface area contributed by atoms with Crippen molar-refractivity contribution in [3.05, 3.63) is 23.8 Å². The van der Waals surface area contributed by atoms with Crippen molar-refractivity contribution in [1.29, 1.82) is 0 Å². The van der Waals surface area contributed by atoms with Gasteiger partial charge in [0.05, 0.1) is 17.0 Å². The van der Waals surface area contributed by atoms with Gasteiger partial charge < -0.3 is 5.73 Å². The van der Waals surface area contributed by atoms with E-state index in [0.717, 1.165) is 6.07 Å². The number of hydrogen-bond donors (Lipinski definition) is 2. The number of nitrogen functional groups attached to an aromatic ring is 1. The van der Waals surface area contributed by atoms with E-state index in [1.54, 1.807) is 0 Å². The molecule has 0 aromatic heterocycles. The smallest absolute Gasteiger partial charge is 0.399 e. The number of sulfonamides is 1. The number of nitrogens with two attached hydrogens (primary N) is 1. The normalized spacial score (nSPS) is 13.2. The van der Waals surface area contributed by atoms with Gasteiger partial charge in [0, 0.05) is 5.69 Å². The highest BCUT2D eigenvalue weighted by Gasteiger charge is 2.34. The minimum Gasteiger partial charge on any atom is -0.399 e. The molecule has 1 rings (SSSR count). The quantitative estimate of drug-likeness (QED) is 0.833. The lowest BCUT2D eigenvalue weighted by atomic mass is 9.94. The number of halogens is 3. The lowest BCUT2D eigenvalue weighted by Crippen LogP contribution is -2.22. The fraction of sp³-hybridized carbons (Fsp3) is 0.538. The lowest BCUT2D eigenvalue weighted by Gasteiger charge is -2.19. The Bertz CT molecular complexity index is 605. The summed E-state index contributed by atoms with van der Waals surface area (Å²) in [6.45, 7) is 5.56. The van der Waals surface area contributed by atoms with Crippen LogP contribution in [0.2, 0.25) is 0 Å². The molecule has 0 aliphatic rings. The monoisotopic (exact) mass is 324 g/mol. The molecule has 0 saturated carbocycles. The van der Waals surface area contributed by atoms with Gasteiger partial charge in [-0.3, -0.25) is 4.72 Å². The van der Waals surface area contributed by atoms with Crippen molar-refractivity contribution in [2.45, 2.75) is 33.4 Å². The first kappa shape index (κ1) is 17.6. The first-order valence-electron chi connectivity index (χ1n) is 6.27. The molecule has 0 bridgehead atoms. The van der Waals surface area contributed by atoms with Crippen LogP contribution in [0.15, 0.2) is 18.2 Å². The minimum atomic E-state index is -4.68. The van der Waals surface area contributed by atoms with Gasteiger partial charge in [0.1, 0.15) is 0 Å². The fourth-order valence-corrected chi connectivity index (χ4v) is 3.04. The summed E-state index contributed by atoms with van der Waals surface area (Å²) in [5.74, 6) is -0.252. The van der Waals surface area contributed by atoms with E-state index in [-0.39, 0.29) is 16.9 Å². The molecule has 0 atom stereocenters. The Hall–Kier alpha value is -1.44. The van der Waals surface area contributed by atoms with Crippen molar-refractivity contribution in [1.82, 2.24) is 0 Å². The van der Waals surface area contributed by atoms with Gasteiger partial charge >= 0.3 is 6.18 Å². The Morgan fingerprint density at radius 2 is 1.76 bits per heavy atom. The molecule has 4 nitrogen and oxygen atoms in total. The highest BCUT2D eigenvalue weighted by atomic mass is 32.2. The van der Waals surface area contributed by atoms with Crippen molar-refractivity contribution in [3.8, 4) is 0 Å². The molecule has 0 unspecified atom stereocenters. The summed E-state index contributed by atoms with van der Waals surface area (Å²) in [6, 6.07) is 2.95. The highest BCUT2D eigenvalue weighted by Crippen LogP contribution is 2.36. The number of anilines is 2. The summed E-state index contributed by atoms with van der Waals surface area (Å²) >= 11 is 0. The van der Waals surface area contributed by atoms with Crippen LogP contribution in [-0.4, -0.2) is 14.2 Å². The van der Waals surface area contributed by atoms with Gasteiger partial charge in [0.15, 0.2) is 0 Å². The minimum absolute atomic E-state index is 0.0834. The lowest BCUT2D eigenvalue weighted by molar-refractivity contribution is -0.136. The van der Waals surface area contributed by atoms with E-state index < -0.39 is 27.5 Å². The Morgan fingerprint density at radius 3 is 2.24 bits per heavy atom. The van der Waals surface area contributed by atoms with Crippen molar-refractivity contribution < 1.29 is 21.6 Å². The highest BCUT2D eigenvalue weighted by molar-refractivity contribution is 7.92. The van der Waals surface area contributed by atoms with Crippen molar-refractivity contribution in [2.75, 3.05) is 16.2 Å². The molecule has 0 amide bonds. The zero-order valence-corrected chi connectivity index (χ0v) is 12.9. The Balaban J connectivity index is 3.03. The van der Waals surface area contributed by atoms with E-state index >= 15 is 0 Å². The first-order valence-corrected chi connectivity index (χ1v) is 7.93. The second-order valence-corrected chi connectivity index (χ2v) is 7.88. The largest absolute Gasteiger partial charge is 0.418 e. The van der Waals surface area contributed by atoms with Gasteiger partial charge in [-0.15, -0.1) is 0 Å². The molecule has 0 radical (unpaired) electrons. The Morgan fingerprint density at radius 1 is 1.19 bits per heavy atom. The van der Waals surface area contributed by atoms with Crippen LogP contribution in [0.5, 0.6) is 0 Å². The molecule has 8 heteroatoms. The molecule has 0 saturated heterocycles. The third-order valence-corrected chi connectivity index (χ3v) is 4.01. The SMILES string of the molecule is CC(C)(C)CCS(=O)(=O)Nc1ccc(N)cc1C(F)(F)F. The molecule has 1 aromatic rings. The van der Waals surface area contributed by atoms with Gasteiger partial charge in [-0.2, -0.15) is 13.2 Å². The third-order valence-electron chi connectivity index (χ3n) is 2.74. The molecule has 0 aliphatic heterocycles. The molecule has 0 aliphatic carbocycles. The van der Waals surface area contributed by atoms with E-state index in [9.17, 15) is 21.6 Å². The van der Waals surface area contributed by atoms with Crippen LogP contribution < -0.4 is 10.5 Å². The average Bonchev–Trinajstić information content (AvgIpc) is 2.27. The predicted molar refractivity (Wildman–Crippen MR) is 77.3 cm³/mol. The molecule has 3 N–H and O–H groups in total. The van der Waals surface area contributed by atoms with Gasteiger partial charge in [-0.25, -0.2) is 8.42 Å². The molecule has 120 valence electrons. The van der Waals surface area contributed by atoms with Crippen LogP contribution in [-0.2, 0) is 16.2 Å². The van der Waals surface area contributed by atoms with E-state index in [4.69, 9.17) is 5.73 Å². The molecule has 1 aromatic carbocycles. The fourth-order valence-electron chi connectivity index (χ4n) is 1.54. The topological polar surface area (TPSA) is 72.2 Å². The van der Waals surface area contributed by atoms with Crippen LogP contribution in [0.25, 0.3) is 0 Å². The van der Waals surface area contributed by atoms with Gasteiger partial charge in [-0.1, -0.05) is 20.8 Å². The summed E-state index contributed by atoms with van der Waals surface area (Å²) < 4.78 is 64.5. The standard InChI is InChI=1S/C13H19F3N2O2S/c1-12(2,3)6-7-21(19,20)18-11-5-4-9(17)8-10(11)13(14,15)16/h4-5,8,18H,6-7,17H2,1-3H3. The van der Waals surface area contributed by atoms with E-state index in [1.807, 2.05) is 25.5 Å². The van der Waals surface area contributed by atoms with E-state index in [1.165, 1.54) is 6.07 Å². The zero-order valence-electron chi connectivity index (χ0n) is 12.1. The third kappa shape index (κ3) is 5.82. The first-order chi connectivity index (χ1) is 9.30. The second-order valence-electron chi connectivity index (χ2n) is 6.03. The molecule has 0 heterocycles. The van der Waals surface area contributed by atoms with Crippen LogP contribution >= 0.6 is 0 Å². The maximum Gasteiger partial charge on any atom is 0.418 e. The molecule has 0 spiro atoms. The van der Waals surface area contributed by atoms with Gasteiger partial charge in [-0.05, 0) is 30.0 Å². The number of hydrogen-bond acceptors (Lipinski definition) is 3. The van der Waals surface area contributed by atoms with Crippen molar-refractivity contribution >= 4 is 21.4 Å². The summed E-state index contributed by atoms with van der Waals surface area (Å²) in [4.78, 5) is 0. The van der Waals surface area contributed by atoms with E-state index in [2.05, 4.69) is 0 Å². The number of nitrogens with one attached hydrogen (secondary N) is 1. The molecule has 21 heavy (non-hydrogen) atoms. The Labute approximate surface area is 122 Å². The Kier molecular flexibility index (Phi) is 4.82. The predicted octanol–water partition coefficient (Wildman–Crippen LogP) is 3.47. The van der Waals surface area contributed by atoms with Crippen LogP contribution in [0, 0.1) is 5.41 Å². The molecular weight excluding hydrogens is 305 g/mol. The number of alkyl halides is 3. The van der Waals surface area contributed by atoms with Gasteiger partial charge in [0.25, 0.3) is 0 Å². The summed E-state index contributed by atoms with van der Waals surface area (Å²) in [5, 5.41) is 0. The maximum atomic E-state index is 12.9. The molecule has 0 fully saturated rings. The average molecular weight is 324 g/mol. The molecular formula is C13H19F3N2O2S. The van der Waals surface area contributed by atoms with Crippen LogP contribution in [0.4, 0.5) is 24.5 Å². The van der Waals surface area contributed by atoms with Crippen molar-refractivity contribution in [3.63, 3.8) is 0 Å². The summed E-state index contributed by atoms with van der Waals surface area (Å²) in [5.41, 5.74) is 3.41. The summed E-state index contributed by atoms with van der Waals surface area (Å²) in [6.07, 6.45) is -4.35. The number of benzene rings is 1. The van der Waals surface area contributed by atoms with Gasteiger partial charge in [0.2, 0.25) is 10.0 Å². The van der Waals surface area contributed by atoms with Crippen molar-refractivity contribution in [2.24, 2.45) is 5.41 Å². The number of rotatable bonds is 4. The maximum absolute atomic E-state index is 12.9. The summed E-state index contributed by atoms with van der Waals surface area (Å²) in [7, 11) is -3.85. The van der Waals surface area contributed by atoms with E-state index in [0.29, 0.717) is 12.5 Å². The van der Waals surface area contributed by atoms with Crippen LogP contribution in [0.1, 0.15) is 32.8 Å². The zero-order chi connectivity index (χ0) is 16.5. The van der Waals surface area contributed by atoms with Crippen LogP contribution in [0.3, 0.4) is 0 Å².